The van der Waals surface area contributed by atoms with Crippen molar-refractivity contribution >= 4 is 0 Å². The van der Waals surface area contributed by atoms with Crippen LogP contribution < -0.4 is 0 Å². The zero-order valence-electron chi connectivity index (χ0n) is 11.7. The first-order valence-electron chi connectivity index (χ1n) is 7.68. The molecule has 3 aliphatic rings. The van der Waals surface area contributed by atoms with Crippen LogP contribution in [0.1, 0.15) is 59.3 Å². The molecule has 0 radical (unpaired) electrons. The van der Waals surface area contributed by atoms with Gasteiger partial charge in [-0.2, -0.15) is 0 Å². The van der Waals surface area contributed by atoms with E-state index in [4.69, 9.17) is 0 Å². The van der Waals surface area contributed by atoms with Gasteiger partial charge in [0.25, 0.3) is 0 Å². The molecule has 0 amide bonds. The Morgan fingerprint density at radius 2 is 1.71 bits per heavy atom. The molecule has 0 aromatic carbocycles. The number of aliphatic hydroxyl groups excluding tert-OH is 1. The lowest BCUT2D eigenvalue weighted by molar-refractivity contribution is 0.0247. The topological polar surface area (TPSA) is 20.2 Å². The summed E-state index contributed by atoms with van der Waals surface area (Å²) in [6.45, 7) is 7.44. The van der Waals surface area contributed by atoms with E-state index in [1.807, 2.05) is 0 Å². The van der Waals surface area contributed by atoms with Crippen LogP contribution in [0.4, 0.5) is 0 Å². The van der Waals surface area contributed by atoms with Gasteiger partial charge in [0.15, 0.2) is 0 Å². The third kappa shape index (κ3) is 1.77. The van der Waals surface area contributed by atoms with Gasteiger partial charge in [0.1, 0.15) is 0 Å². The second kappa shape index (κ2) is 3.98. The van der Waals surface area contributed by atoms with Crippen LogP contribution in [0.15, 0.2) is 0 Å². The van der Waals surface area contributed by atoms with Crippen molar-refractivity contribution in [3.63, 3.8) is 0 Å². The molecular weight excluding hydrogens is 208 g/mol. The highest BCUT2D eigenvalue weighted by Crippen LogP contribution is 2.63. The number of hydrogen-bond acceptors (Lipinski definition) is 1. The van der Waals surface area contributed by atoms with Crippen molar-refractivity contribution in [3.05, 3.63) is 0 Å². The van der Waals surface area contributed by atoms with E-state index in [2.05, 4.69) is 20.8 Å². The monoisotopic (exact) mass is 236 g/mol. The van der Waals surface area contributed by atoms with Crippen LogP contribution in [0.2, 0.25) is 0 Å². The Morgan fingerprint density at radius 1 is 1.00 bits per heavy atom. The van der Waals surface area contributed by atoms with Crippen molar-refractivity contribution in [2.45, 2.75) is 65.4 Å². The first kappa shape index (κ1) is 12.0. The molecule has 6 atom stereocenters. The Hall–Kier alpha value is -0.0400. The lowest BCUT2D eigenvalue weighted by atomic mass is 9.62. The Bertz CT molecular complexity index is 292. The van der Waals surface area contributed by atoms with Crippen molar-refractivity contribution in [1.29, 1.82) is 0 Å². The van der Waals surface area contributed by atoms with Crippen molar-refractivity contribution in [2.24, 2.45) is 35.0 Å². The van der Waals surface area contributed by atoms with E-state index in [9.17, 15) is 5.11 Å². The summed E-state index contributed by atoms with van der Waals surface area (Å²) in [5.41, 5.74) is 0.578. The summed E-state index contributed by atoms with van der Waals surface area (Å²) in [6.07, 6.45) is 7.75. The van der Waals surface area contributed by atoms with Crippen LogP contribution in [0.5, 0.6) is 0 Å². The quantitative estimate of drug-likeness (QED) is 0.733. The van der Waals surface area contributed by atoms with Crippen LogP contribution in [0, 0.1) is 35.0 Å². The molecule has 1 N–H and O–H groups in total. The normalized spacial score (nSPS) is 52.9. The van der Waals surface area contributed by atoms with Gasteiger partial charge in [-0.15, -0.1) is 0 Å². The van der Waals surface area contributed by atoms with Gasteiger partial charge in [0.2, 0.25) is 0 Å². The van der Waals surface area contributed by atoms with E-state index in [1.165, 1.54) is 25.7 Å². The summed E-state index contributed by atoms with van der Waals surface area (Å²) in [5.74, 6) is 4.60. The number of rotatable bonds is 1. The Morgan fingerprint density at radius 3 is 2.29 bits per heavy atom. The molecular formula is C16H28O. The molecule has 0 heterocycles. The Kier molecular flexibility index (Phi) is 2.81. The van der Waals surface area contributed by atoms with E-state index in [0.717, 1.165) is 42.4 Å². The molecule has 17 heavy (non-hydrogen) atoms. The summed E-state index contributed by atoms with van der Waals surface area (Å²) in [7, 11) is 0. The highest BCUT2D eigenvalue weighted by atomic mass is 16.3. The molecule has 98 valence electrons. The number of hydrogen-bond donors (Lipinski definition) is 1. The smallest absolute Gasteiger partial charge is 0.0543 e. The maximum Gasteiger partial charge on any atom is 0.0543 e. The highest BCUT2D eigenvalue weighted by Gasteiger charge is 2.56. The molecule has 0 aromatic rings. The second-order valence-corrected chi connectivity index (χ2v) is 7.69. The van der Waals surface area contributed by atoms with Crippen molar-refractivity contribution in [2.75, 3.05) is 0 Å². The van der Waals surface area contributed by atoms with Crippen LogP contribution in [0.25, 0.3) is 0 Å². The minimum Gasteiger partial charge on any atom is -0.393 e. The van der Waals surface area contributed by atoms with Gasteiger partial charge < -0.3 is 5.11 Å². The van der Waals surface area contributed by atoms with Crippen molar-refractivity contribution in [1.82, 2.24) is 0 Å². The lowest BCUT2D eigenvalue weighted by Crippen LogP contribution is -2.37. The van der Waals surface area contributed by atoms with E-state index in [1.54, 1.807) is 0 Å². The van der Waals surface area contributed by atoms with E-state index < -0.39 is 0 Å². The SMILES string of the molecule is CC1C2CC(CC2C2CCC[C@H](O)C2)C1(C)C. The maximum atomic E-state index is 9.88. The molecule has 0 spiro atoms. The van der Waals surface area contributed by atoms with Crippen LogP contribution in [0.3, 0.4) is 0 Å². The minimum atomic E-state index is 0.0104. The standard InChI is InChI=1S/C16H28O/c1-10-14-8-12(16(10,2)3)9-15(14)11-5-4-6-13(17)7-11/h10-15,17H,4-9H2,1-3H3/t10?,11?,12?,13-,14?,15?/m0/s1. The predicted octanol–water partition coefficient (Wildman–Crippen LogP) is 3.86. The van der Waals surface area contributed by atoms with Gasteiger partial charge in [-0.1, -0.05) is 27.2 Å². The molecule has 1 nitrogen and oxygen atoms in total. The highest BCUT2D eigenvalue weighted by molar-refractivity contribution is 5.05. The molecule has 0 aliphatic heterocycles. The summed E-state index contributed by atoms with van der Waals surface area (Å²) >= 11 is 0. The molecule has 2 bridgehead atoms. The average molecular weight is 236 g/mol. The van der Waals surface area contributed by atoms with Crippen LogP contribution >= 0.6 is 0 Å². The van der Waals surface area contributed by atoms with E-state index in [-0.39, 0.29) is 6.10 Å². The van der Waals surface area contributed by atoms with Gasteiger partial charge >= 0.3 is 0 Å². The fourth-order valence-electron chi connectivity index (χ4n) is 5.34. The molecule has 3 saturated carbocycles. The summed E-state index contributed by atoms with van der Waals surface area (Å²) in [5, 5.41) is 9.88. The van der Waals surface area contributed by atoms with Gasteiger partial charge in [0.05, 0.1) is 6.10 Å². The largest absolute Gasteiger partial charge is 0.393 e. The van der Waals surface area contributed by atoms with Crippen molar-refractivity contribution < 1.29 is 5.11 Å². The second-order valence-electron chi connectivity index (χ2n) is 7.69. The lowest BCUT2D eigenvalue weighted by Gasteiger charge is -2.44. The number of aliphatic hydroxyl groups is 1. The van der Waals surface area contributed by atoms with Crippen LogP contribution in [-0.2, 0) is 0 Å². The molecule has 5 unspecified atom stereocenters. The van der Waals surface area contributed by atoms with Crippen LogP contribution in [-0.4, -0.2) is 11.2 Å². The molecule has 3 aliphatic carbocycles. The van der Waals surface area contributed by atoms with Gasteiger partial charge in [-0.3, -0.25) is 0 Å². The first-order chi connectivity index (χ1) is 8.00. The minimum absolute atomic E-state index is 0.0104. The summed E-state index contributed by atoms with van der Waals surface area (Å²) in [4.78, 5) is 0. The summed E-state index contributed by atoms with van der Waals surface area (Å²) < 4.78 is 0. The zero-order chi connectivity index (χ0) is 12.2. The third-order valence-corrected chi connectivity index (χ3v) is 6.82. The van der Waals surface area contributed by atoms with Gasteiger partial charge in [-0.25, -0.2) is 0 Å². The van der Waals surface area contributed by atoms with Crippen molar-refractivity contribution in [3.8, 4) is 0 Å². The zero-order valence-corrected chi connectivity index (χ0v) is 11.7. The molecule has 0 aromatic heterocycles. The Balaban J connectivity index is 1.72. The summed E-state index contributed by atoms with van der Waals surface area (Å²) in [6, 6.07) is 0. The van der Waals surface area contributed by atoms with Gasteiger partial charge in [-0.05, 0) is 67.1 Å². The predicted molar refractivity (Wildman–Crippen MR) is 70.6 cm³/mol. The molecule has 3 fully saturated rings. The fraction of sp³-hybridized carbons (Fsp3) is 1.00. The van der Waals surface area contributed by atoms with E-state index >= 15 is 0 Å². The first-order valence-corrected chi connectivity index (χ1v) is 7.68. The maximum absolute atomic E-state index is 9.88. The average Bonchev–Trinajstić information content (AvgIpc) is 2.79. The Labute approximate surface area is 106 Å². The third-order valence-electron chi connectivity index (χ3n) is 6.82. The number of fused-ring (bicyclic) bond motifs is 2. The molecule has 1 heteroatoms. The molecule has 3 rings (SSSR count). The fourth-order valence-corrected chi connectivity index (χ4v) is 5.34. The van der Waals surface area contributed by atoms with E-state index in [0.29, 0.717) is 5.41 Å². The molecule has 0 saturated heterocycles. The van der Waals surface area contributed by atoms with Gasteiger partial charge in [0, 0.05) is 0 Å².